The first kappa shape index (κ1) is 13.1. The Kier molecular flexibility index (Phi) is 3.80. The van der Waals surface area contributed by atoms with E-state index in [0.717, 1.165) is 0 Å². The highest BCUT2D eigenvalue weighted by Gasteiger charge is 2.14. The van der Waals surface area contributed by atoms with Gasteiger partial charge in [0.25, 0.3) is 11.6 Å². The Labute approximate surface area is 99.6 Å². The van der Waals surface area contributed by atoms with Gasteiger partial charge >= 0.3 is 0 Å². The summed E-state index contributed by atoms with van der Waals surface area (Å²) in [4.78, 5) is 21.5. The van der Waals surface area contributed by atoms with Gasteiger partial charge in [0.2, 0.25) is 0 Å². The first-order valence-corrected chi connectivity index (χ1v) is 5.13. The Morgan fingerprint density at radius 2 is 1.82 bits per heavy atom. The normalized spacial score (nSPS) is 11.0. The highest BCUT2D eigenvalue weighted by atomic mass is 16.6. The second-order valence-electron chi connectivity index (χ2n) is 4.80. The number of carbonyl (C=O) groups is 1. The van der Waals surface area contributed by atoms with Gasteiger partial charge in [-0.25, -0.2) is 0 Å². The molecule has 6 nitrogen and oxygen atoms in total. The van der Waals surface area contributed by atoms with E-state index in [4.69, 9.17) is 0 Å². The largest absolute Gasteiger partial charge is 0.323 e. The van der Waals surface area contributed by atoms with Crippen LogP contribution in [0.5, 0.6) is 0 Å². The lowest BCUT2D eigenvalue weighted by molar-refractivity contribution is -0.861. The van der Waals surface area contributed by atoms with Crippen LogP contribution in [-0.2, 0) is 4.79 Å². The molecule has 1 rings (SSSR count). The zero-order chi connectivity index (χ0) is 13.1. The number of hydrogen-bond acceptors (Lipinski definition) is 3. The molecule has 1 N–H and O–H groups in total. The van der Waals surface area contributed by atoms with E-state index in [0.29, 0.717) is 16.7 Å². The quantitative estimate of drug-likeness (QED) is 0.487. The maximum Gasteiger partial charge on any atom is 0.279 e. The lowest BCUT2D eigenvalue weighted by Gasteiger charge is -2.22. The van der Waals surface area contributed by atoms with E-state index in [2.05, 4.69) is 5.32 Å². The molecule has 1 aromatic rings. The number of nitro benzene ring substituents is 1. The fraction of sp³-hybridized carbons (Fsp3) is 0.364. The Bertz CT molecular complexity index is 421. The van der Waals surface area contributed by atoms with E-state index in [1.54, 1.807) is 0 Å². The van der Waals surface area contributed by atoms with Gasteiger partial charge in [-0.1, -0.05) is 0 Å². The van der Waals surface area contributed by atoms with Crippen LogP contribution < -0.4 is 5.32 Å². The number of likely N-dealkylation sites (N-methyl/N-ethyl adjacent to an activating group) is 1. The fourth-order valence-electron chi connectivity index (χ4n) is 1.30. The number of non-ortho nitro benzene ring substituents is 1. The van der Waals surface area contributed by atoms with Crippen molar-refractivity contribution in [1.29, 1.82) is 0 Å². The maximum absolute atomic E-state index is 11.6. The molecule has 0 fully saturated rings. The van der Waals surface area contributed by atoms with E-state index in [9.17, 15) is 14.9 Å². The van der Waals surface area contributed by atoms with Gasteiger partial charge in [-0.2, -0.15) is 0 Å². The predicted molar refractivity (Wildman–Crippen MR) is 64.6 cm³/mol. The topological polar surface area (TPSA) is 72.2 Å². The number of amides is 1. The maximum atomic E-state index is 11.6. The zero-order valence-corrected chi connectivity index (χ0v) is 10.1. The van der Waals surface area contributed by atoms with Gasteiger partial charge in [0.1, 0.15) is 0 Å². The molecular weight excluding hydrogens is 222 g/mol. The molecule has 1 amide bonds. The van der Waals surface area contributed by atoms with Crippen LogP contribution in [0.25, 0.3) is 0 Å². The highest BCUT2D eigenvalue weighted by Crippen LogP contribution is 2.15. The molecule has 0 radical (unpaired) electrons. The molecule has 1 aromatic carbocycles. The van der Waals surface area contributed by atoms with Crippen molar-refractivity contribution in [3.63, 3.8) is 0 Å². The Balaban J connectivity index is 2.64. The lowest BCUT2D eigenvalue weighted by atomic mass is 10.3. The van der Waals surface area contributed by atoms with Crippen molar-refractivity contribution in [2.45, 2.75) is 0 Å². The van der Waals surface area contributed by atoms with Crippen molar-refractivity contribution in [1.82, 2.24) is 0 Å². The van der Waals surface area contributed by atoms with E-state index in [-0.39, 0.29) is 11.6 Å². The molecule has 0 aliphatic rings. The summed E-state index contributed by atoms with van der Waals surface area (Å²) in [6.45, 7) is 0.344. The van der Waals surface area contributed by atoms with Crippen LogP contribution >= 0.6 is 0 Å². The lowest BCUT2D eigenvalue weighted by Crippen LogP contribution is -2.41. The van der Waals surface area contributed by atoms with Gasteiger partial charge in [-0.05, 0) is 12.1 Å². The van der Waals surface area contributed by atoms with Gasteiger partial charge < -0.3 is 9.80 Å². The van der Waals surface area contributed by atoms with E-state index in [1.807, 2.05) is 21.1 Å². The van der Waals surface area contributed by atoms with Crippen LogP contribution in [0.1, 0.15) is 0 Å². The van der Waals surface area contributed by atoms with Crippen molar-refractivity contribution >= 4 is 17.3 Å². The minimum absolute atomic E-state index is 0.00889. The summed E-state index contributed by atoms with van der Waals surface area (Å²) in [5.74, 6) is -0.119. The SMILES string of the molecule is C[N+](C)(C)CC(=O)Nc1ccc([N+](=O)[O-])cc1. The van der Waals surface area contributed by atoms with Crippen LogP contribution in [0.2, 0.25) is 0 Å². The van der Waals surface area contributed by atoms with Crippen LogP contribution in [0.4, 0.5) is 11.4 Å². The molecule has 17 heavy (non-hydrogen) atoms. The summed E-state index contributed by atoms with van der Waals surface area (Å²) in [7, 11) is 5.74. The van der Waals surface area contributed by atoms with Crippen LogP contribution in [0, 0.1) is 10.1 Å². The number of nitro groups is 1. The second-order valence-corrected chi connectivity index (χ2v) is 4.80. The molecule has 0 aliphatic heterocycles. The molecule has 0 saturated heterocycles. The molecule has 0 bridgehead atoms. The van der Waals surface area contributed by atoms with Crippen molar-refractivity contribution in [2.24, 2.45) is 0 Å². The summed E-state index contributed by atoms with van der Waals surface area (Å²) in [6.07, 6.45) is 0. The monoisotopic (exact) mass is 238 g/mol. The van der Waals surface area contributed by atoms with Crippen LogP contribution in [0.3, 0.4) is 0 Å². The van der Waals surface area contributed by atoms with Gasteiger partial charge in [-0.15, -0.1) is 0 Å². The third kappa shape index (κ3) is 4.60. The van der Waals surface area contributed by atoms with Gasteiger partial charge in [0.05, 0.1) is 26.1 Å². The minimum Gasteiger partial charge on any atom is -0.323 e. The summed E-state index contributed by atoms with van der Waals surface area (Å²) >= 11 is 0. The molecule has 6 heteroatoms. The first-order valence-electron chi connectivity index (χ1n) is 5.13. The average Bonchev–Trinajstić information content (AvgIpc) is 2.15. The molecule has 0 atom stereocenters. The third-order valence-electron chi connectivity index (χ3n) is 1.98. The number of hydrogen-bond donors (Lipinski definition) is 1. The molecule has 0 aliphatic carbocycles. The Hall–Kier alpha value is -1.95. The van der Waals surface area contributed by atoms with Crippen molar-refractivity contribution in [3.8, 4) is 0 Å². The number of carbonyl (C=O) groups excluding carboxylic acids is 1. The van der Waals surface area contributed by atoms with Crippen LogP contribution in [-0.4, -0.2) is 43.0 Å². The summed E-state index contributed by atoms with van der Waals surface area (Å²) in [5.41, 5.74) is 0.573. The fourth-order valence-corrected chi connectivity index (χ4v) is 1.30. The number of nitrogens with zero attached hydrogens (tertiary/aromatic N) is 2. The average molecular weight is 238 g/mol. The molecule has 0 spiro atoms. The Morgan fingerprint density at radius 1 is 1.29 bits per heavy atom. The van der Waals surface area contributed by atoms with E-state index >= 15 is 0 Å². The predicted octanol–water partition coefficient (Wildman–Crippen LogP) is 1.24. The van der Waals surface area contributed by atoms with Gasteiger partial charge in [-0.3, -0.25) is 14.9 Å². The van der Waals surface area contributed by atoms with Gasteiger partial charge in [0.15, 0.2) is 6.54 Å². The molecule has 0 aromatic heterocycles. The highest BCUT2D eigenvalue weighted by molar-refractivity contribution is 5.91. The number of benzene rings is 1. The molecule has 92 valence electrons. The summed E-state index contributed by atoms with van der Waals surface area (Å²) in [5, 5.41) is 13.1. The Morgan fingerprint density at radius 3 is 2.24 bits per heavy atom. The zero-order valence-electron chi connectivity index (χ0n) is 10.1. The molecular formula is C11H16N3O3+. The van der Waals surface area contributed by atoms with Gasteiger partial charge in [0, 0.05) is 17.8 Å². The molecule has 0 saturated carbocycles. The summed E-state index contributed by atoms with van der Waals surface area (Å²) < 4.78 is 0.527. The molecule has 0 heterocycles. The van der Waals surface area contributed by atoms with Crippen molar-refractivity contribution in [3.05, 3.63) is 34.4 Å². The molecule has 0 unspecified atom stereocenters. The first-order chi connectivity index (χ1) is 7.78. The number of rotatable bonds is 4. The number of nitrogens with one attached hydrogen (secondary N) is 1. The van der Waals surface area contributed by atoms with Crippen molar-refractivity contribution in [2.75, 3.05) is 33.0 Å². The van der Waals surface area contributed by atoms with E-state index in [1.165, 1.54) is 24.3 Å². The second kappa shape index (κ2) is 4.92. The van der Waals surface area contributed by atoms with Crippen LogP contribution in [0.15, 0.2) is 24.3 Å². The van der Waals surface area contributed by atoms with E-state index < -0.39 is 4.92 Å². The minimum atomic E-state index is -0.475. The standard InChI is InChI=1S/C11H15N3O3/c1-14(2,3)8-11(15)12-9-4-6-10(7-5-9)13(16)17/h4-7H,8H2,1-3H3/p+1. The number of anilines is 1. The summed E-state index contributed by atoms with van der Waals surface area (Å²) in [6, 6.07) is 5.76. The third-order valence-corrected chi connectivity index (χ3v) is 1.98. The smallest absolute Gasteiger partial charge is 0.279 e. The number of quaternary nitrogens is 1. The van der Waals surface area contributed by atoms with Crippen molar-refractivity contribution < 1.29 is 14.2 Å².